The van der Waals surface area contributed by atoms with E-state index in [1.54, 1.807) is 24.2 Å². The van der Waals surface area contributed by atoms with Crippen molar-refractivity contribution in [3.8, 4) is 11.6 Å². The van der Waals surface area contributed by atoms with Crippen molar-refractivity contribution in [1.82, 2.24) is 19.6 Å². The smallest absolute Gasteiger partial charge is 0.228 e. The zero-order valence-electron chi connectivity index (χ0n) is 21.4. The van der Waals surface area contributed by atoms with Crippen LogP contribution in [0.3, 0.4) is 0 Å². The van der Waals surface area contributed by atoms with Crippen LogP contribution in [0.4, 0.5) is 0 Å². The molecule has 0 bridgehead atoms. The summed E-state index contributed by atoms with van der Waals surface area (Å²) >= 11 is 0. The Labute approximate surface area is 219 Å². The van der Waals surface area contributed by atoms with E-state index in [1.165, 1.54) is 0 Å². The van der Waals surface area contributed by atoms with Gasteiger partial charge in [-0.05, 0) is 40.8 Å². The maximum absolute atomic E-state index is 13.5. The summed E-state index contributed by atoms with van der Waals surface area (Å²) in [7, 11) is 1.62. The molecule has 9 heteroatoms. The Morgan fingerprint density at radius 1 is 1.13 bits per heavy atom. The predicted octanol–water partition coefficient (Wildman–Crippen LogP) is 4.85. The van der Waals surface area contributed by atoms with E-state index in [0.29, 0.717) is 41.5 Å². The molecule has 0 N–H and O–H groups in total. The third-order valence-corrected chi connectivity index (χ3v) is 6.83. The minimum Gasteiger partial charge on any atom is -0.497 e. The van der Waals surface area contributed by atoms with Gasteiger partial charge < -0.3 is 14.3 Å². The van der Waals surface area contributed by atoms with E-state index in [2.05, 4.69) is 29.1 Å². The monoisotopic (exact) mass is 509 g/mol. The number of fused-ring (bicyclic) bond motifs is 3. The SMILES string of the molecule is COc1ccc(C=NOCc2nc3c4c(ncn3n2)OC2=C(C(=O)CC(C)(C)C2)C4c2ccccc2)cc1. The van der Waals surface area contributed by atoms with Gasteiger partial charge in [0.1, 0.15) is 17.8 Å². The minimum atomic E-state index is -0.346. The van der Waals surface area contributed by atoms with Gasteiger partial charge in [0.2, 0.25) is 5.88 Å². The highest BCUT2D eigenvalue weighted by Crippen LogP contribution is 2.50. The molecule has 1 aliphatic carbocycles. The number of nitrogens with zero attached hydrogens (tertiary/aromatic N) is 5. The van der Waals surface area contributed by atoms with Gasteiger partial charge in [-0.3, -0.25) is 4.79 Å². The second-order valence-electron chi connectivity index (χ2n) is 10.3. The van der Waals surface area contributed by atoms with Crippen LogP contribution in [-0.4, -0.2) is 38.7 Å². The van der Waals surface area contributed by atoms with Gasteiger partial charge in [0.25, 0.3) is 0 Å². The summed E-state index contributed by atoms with van der Waals surface area (Å²) in [6.45, 7) is 4.24. The first-order valence-corrected chi connectivity index (χ1v) is 12.4. The molecular formula is C29H27N5O4. The quantitative estimate of drug-likeness (QED) is 0.271. The molecule has 4 aromatic rings. The molecule has 2 aromatic heterocycles. The number of carbonyl (C=O) groups excluding carboxylic acids is 1. The average Bonchev–Trinajstić information content (AvgIpc) is 3.33. The van der Waals surface area contributed by atoms with E-state index in [-0.39, 0.29) is 23.7 Å². The van der Waals surface area contributed by atoms with Crippen LogP contribution < -0.4 is 9.47 Å². The Bertz CT molecular complexity index is 1570. The number of Topliss-reactive ketones (excluding diaryl/α,β-unsaturated/α-hetero) is 1. The van der Waals surface area contributed by atoms with E-state index in [1.807, 2.05) is 54.6 Å². The van der Waals surface area contributed by atoms with E-state index >= 15 is 0 Å². The molecule has 0 saturated heterocycles. The van der Waals surface area contributed by atoms with E-state index < -0.39 is 0 Å². The standard InChI is InChI=1S/C29H27N5O4/c1-29(2)13-21(35)25-22(14-29)38-28-26(24(25)19-7-5-4-6-8-19)27-32-23(33-34(27)17-30-28)16-37-31-15-18-9-11-20(36-3)12-10-18/h4-12,15,17,24H,13-14,16H2,1-3H3. The van der Waals surface area contributed by atoms with E-state index in [0.717, 1.165) is 22.4 Å². The van der Waals surface area contributed by atoms with Gasteiger partial charge in [0, 0.05) is 24.3 Å². The fourth-order valence-electron chi connectivity index (χ4n) is 5.11. The average molecular weight is 510 g/mol. The number of hydrogen-bond donors (Lipinski definition) is 0. The van der Waals surface area contributed by atoms with Gasteiger partial charge in [-0.2, -0.15) is 0 Å². The number of rotatable bonds is 6. The maximum atomic E-state index is 13.5. The van der Waals surface area contributed by atoms with Gasteiger partial charge in [-0.25, -0.2) is 14.5 Å². The molecule has 0 spiro atoms. The number of carbonyl (C=O) groups is 1. The minimum absolute atomic E-state index is 0.0705. The van der Waals surface area contributed by atoms with E-state index in [4.69, 9.17) is 19.3 Å². The number of aromatic nitrogens is 4. The highest BCUT2D eigenvalue weighted by molar-refractivity contribution is 6.00. The molecular weight excluding hydrogens is 482 g/mol. The van der Waals surface area contributed by atoms with Crippen molar-refractivity contribution in [2.75, 3.05) is 7.11 Å². The number of oxime groups is 1. The Balaban J connectivity index is 1.33. The third kappa shape index (κ3) is 4.40. The lowest BCUT2D eigenvalue weighted by atomic mass is 9.70. The molecule has 9 nitrogen and oxygen atoms in total. The molecule has 1 atom stereocenters. The van der Waals surface area contributed by atoms with Crippen molar-refractivity contribution < 1.29 is 19.1 Å². The number of allylic oxidation sites excluding steroid dienone is 2. The summed E-state index contributed by atoms with van der Waals surface area (Å²) in [4.78, 5) is 28.2. The second kappa shape index (κ2) is 9.41. The topological polar surface area (TPSA) is 100 Å². The van der Waals surface area contributed by atoms with Crippen LogP contribution in [0, 0.1) is 5.41 Å². The van der Waals surface area contributed by atoms with Crippen molar-refractivity contribution >= 4 is 17.6 Å². The molecule has 3 heterocycles. The van der Waals surface area contributed by atoms with Crippen molar-refractivity contribution in [3.63, 3.8) is 0 Å². The van der Waals surface area contributed by atoms with Crippen LogP contribution in [0.25, 0.3) is 5.65 Å². The lowest BCUT2D eigenvalue weighted by Crippen LogP contribution is -2.33. The molecule has 1 unspecified atom stereocenters. The summed E-state index contributed by atoms with van der Waals surface area (Å²) in [5.74, 6) is 2.10. The number of benzene rings is 2. The van der Waals surface area contributed by atoms with Gasteiger partial charge >= 0.3 is 0 Å². The zero-order chi connectivity index (χ0) is 26.3. The first kappa shape index (κ1) is 23.8. The fraction of sp³-hybridized carbons (Fsp3) is 0.276. The number of hydrogen-bond acceptors (Lipinski definition) is 8. The molecule has 2 aromatic carbocycles. The molecule has 1 aliphatic heterocycles. The highest BCUT2D eigenvalue weighted by Gasteiger charge is 2.43. The molecule has 6 rings (SSSR count). The largest absolute Gasteiger partial charge is 0.497 e. The summed E-state index contributed by atoms with van der Waals surface area (Å²) in [5, 5.41) is 8.58. The first-order chi connectivity index (χ1) is 18.4. The molecule has 192 valence electrons. The van der Waals surface area contributed by atoms with Crippen LogP contribution in [0.2, 0.25) is 0 Å². The van der Waals surface area contributed by atoms with Gasteiger partial charge in [0.15, 0.2) is 23.9 Å². The number of ketones is 1. The van der Waals surface area contributed by atoms with Gasteiger partial charge in [-0.15, -0.1) is 5.10 Å². The van der Waals surface area contributed by atoms with Crippen LogP contribution >= 0.6 is 0 Å². The van der Waals surface area contributed by atoms with Crippen molar-refractivity contribution in [2.45, 2.75) is 39.2 Å². The van der Waals surface area contributed by atoms with Crippen molar-refractivity contribution in [3.05, 3.63) is 94.8 Å². The lowest BCUT2D eigenvalue weighted by Gasteiger charge is -2.37. The fourth-order valence-corrected chi connectivity index (χ4v) is 5.11. The molecule has 0 radical (unpaired) electrons. The van der Waals surface area contributed by atoms with Crippen molar-refractivity contribution in [2.24, 2.45) is 10.6 Å². The third-order valence-electron chi connectivity index (χ3n) is 6.83. The summed E-state index contributed by atoms with van der Waals surface area (Å²) in [6, 6.07) is 17.4. The van der Waals surface area contributed by atoms with Gasteiger partial charge in [-0.1, -0.05) is 49.3 Å². The Morgan fingerprint density at radius 3 is 2.68 bits per heavy atom. The summed E-state index contributed by atoms with van der Waals surface area (Å²) < 4.78 is 13.1. The van der Waals surface area contributed by atoms with Crippen LogP contribution in [0.15, 0.2) is 77.4 Å². The normalized spacial score (nSPS) is 18.3. The van der Waals surface area contributed by atoms with Crippen LogP contribution in [-0.2, 0) is 16.2 Å². The lowest BCUT2D eigenvalue weighted by molar-refractivity contribution is -0.118. The second-order valence-corrected chi connectivity index (χ2v) is 10.3. The zero-order valence-corrected chi connectivity index (χ0v) is 21.4. The highest BCUT2D eigenvalue weighted by atomic mass is 16.6. The summed E-state index contributed by atoms with van der Waals surface area (Å²) in [5.41, 5.74) is 3.67. The number of methoxy groups -OCH3 is 1. The Hall–Kier alpha value is -4.53. The molecule has 38 heavy (non-hydrogen) atoms. The van der Waals surface area contributed by atoms with Crippen molar-refractivity contribution in [1.29, 1.82) is 0 Å². The maximum Gasteiger partial charge on any atom is 0.228 e. The molecule has 2 aliphatic rings. The molecule has 0 amide bonds. The van der Waals surface area contributed by atoms with E-state index in [9.17, 15) is 4.79 Å². The Morgan fingerprint density at radius 2 is 1.92 bits per heavy atom. The summed E-state index contributed by atoms with van der Waals surface area (Å²) in [6.07, 6.45) is 4.32. The first-order valence-electron chi connectivity index (χ1n) is 12.4. The molecule has 0 saturated carbocycles. The van der Waals surface area contributed by atoms with Crippen LogP contribution in [0.1, 0.15) is 55.1 Å². The Kier molecular flexibility index (Phi) is 5.90. The number of ether oxygens (including phenoxy) is 2. The van der Waals surface area contributed by atoms with Gasteiger partial charge in [0.05, 0.1) is 18.9 Å². The van der Waals surface area contributed by atoms with Crippen LogP contribution in [0.5, 0.6) is 11.6 Å². The predicted molar refractivity (Wildman–Crippen MR) is 140 cm³/mol. The molecule has 0 fully saturated rings.